The summed E-state index contributed by atoms with van der Waals surface area (Å²) in [5.41, 5.74) is 2.55. The van der Waals surface area contributed by atoms with E-state index in [1.54, 1.807) is 7.11 Å². The summed E-state index contributed by atoms with van der Waals surface area (Å²) in [7, 11) is 1.73. The summed E-state index contributed by atoms with van der Waals surface area (Å²) in [6.45, 7) is 8.79. The van der Waals surface area contributed by atoms with Crippen LogP contribution in [0, 0.1) is 19.3 Å². The van der Waals surface area contributed by atoms with E-state index in [1.165, 1.54) is 11.1 Å². The zero-order valence-electron chi connectivity index (χ0n) is 14.8. The molecule has 0 aromatic heterocycles. The van der Waals surface area contributed by atoms with Gasteiger partial charge in [0.25, 0.3) is 0 Å². The number of aliphatic hydroxyl groups excluding tert-OH is 1. The van der Waals surface area contributed by atoms with E-state index < -0.39 is 0 Å². The quantitative estimate of drug-likeness (QED) is 0.799. The number of rotatable bonds is 8. The third-order valence-electron chi connectivity index (χ3n) is 5.07. The van der Waals surface area contributed by atoms with E-state index in [0.717, 1.165) is 44.6 Å². The van der Waals surface area contributed by atoms with Crippen molar-refractivity contribution in [3.63, 3.8) is 0 Å². The Morgan fingerprint density at radius 1 is 1.22 bits per heavy atom. The molecule has 4 nitrogen and oxygen atoms in total. The Hall–Kier alpha value is -1.10. The van der Waals surface area contributed by atoms with Crippen molar-refractivity contribution in [1.82, 2.24) is 4.90 Å². The van der Waals surface area contributed by atoms with Crippen molar-refractivity contribution >= 4 is 0 Å². The molecule has 0 spiro atoms. The van der Waals surface area contributed by atoms with Gasteiger partial charge in [0.2, 0.25) is 0 Å². The molecule has 1 aliphatic rings. The molecule has 1 heterocycles. The summed E-state index contributed by atoms with van der Waals surface area (Å²) in [4.78, 5) is 2.41. The molecule has 1 fully saturated rings. The summed E-state index contributed by atoms with van der Waals surface area (Å²) < 4.78 is 11.1. The maximum atomic E-state index is 9.83. The highest BCUT2D eigenvalue weighted by Crippen LogP contribution is 2.33. The standard InChI is InChI=1S/C19H31NO3/c1-16-5-6-18(13-17(16)2)23-12-10-20-9-4-7-19(14-20,15-21)8-11-22-3/h5-6,13,21H,4,7-12,14-15H2,1-3H3/t19-/m1/s1. The Bertz CT molecular complexity index is 492. The number of hydrogen-bond donors (Lipinski definition) is 1. The third kappa shape index (κ3) is 5.20. The molecule has 1 aromatic carbocycles. The third-order valence-corrected chi connectivity index (χ3v) is 5.07. The molecule has 0 radical (unpaired) electrons. The van der Waals surface area contributed by atoms with Gasteiger partial charge < -0.3 is 14.6 Å². The summed E-state index contributed by atoms with van der Waals surface area (Å²) in [6.07, 6.45) is 3.14. The number of ether oxygens (including phenoxy) is 2. The molecule has 23 heavy (non-hydrogen) atoms. The van der Waals surface area contributed by atoms with E-state index in [0.29, 0.717) is 13.2 Å². The smallest absolute Gasteiger partial charge is 0.119 e. The van der Waals surface area contributed by atoms with Crippen molar-refractivity contribution in [1.29, 1.82) is 0 Å². The summed E-state index contributed by atoms with van der Waals surface area (Å²) in [6, 6.07) is 6.24. The molecule has 1 N–H and O–H groups in total. The van der Waals surface area contributed by atoms with E-state index >= 15 is 0 Å². The SMILES string of the molecule is COCC[C@]1(CO)CCCN(CCOc2ccc(C)c(C)c2)C1. The van der Waals surface area contributed by atoms with Crippen molar-refractivity contribution < 1.29 is 14.6 Å². The van der Waals surface area contributed by atoms with Crippen molar-refractivity contribution in [3.8, 4) is 5.75 Å². The first-order chi connectivity index (χ1) is 11.1. The Morgan fingerprint density at radius 2 is 2.04 bits per heavy atom. The highest BCUT2D eigenvalue weighted by Gasteiger charge is 2.34. The number of benzene rings is 1. The van der Waals surface area contributed by atoms with E-state index in [-0.39, 0.29) is 12.0 Å². The van der Waals surface area contributed by atoms with Crippen LogP contribution in [0.5, 0.6) is 5.75 Å². The average Bonchev–Trinajstić information content (AvgIpc) is 2.56. The maximum absolute atomic E-state index is 9.83. The molecule has 0 saturated carbocycles. The lowest BCUT2D eigenvalue weighted by atomic mass is 9.78. The fraction of sp³-hybridized carbons (Fsp3) is 0.684. The highest BCUT2D eigenvalue weighted by atomic mass is 16.5. The number of aryl methyl sites for hydroxylation is 2. The van der Waals surface area contributed by atoms with Gasteiger partial charge in [-0.25, -0.2) is 0 Å². The number of aliphatic hydroxyl groups is 1. The molecular weight excluding hydrogens is 290 g/mol. The number of hydrogen-bond acceptors (Lipinski definition) is 4. The lowest BCUT2D eigenvalue weighted by Gasteiger charge is -2.41. The minimum absolute atomic E-state index is 0.00525. The van der Waals surface area contributed by atoms with Crippen LogP contribution >= 0.6 is 0 Å². The van der Waals surface area contributed by atoms with Gasteiger partial charge in [-0.3, -0.25) is 4.90 Å². The van der Waals surface area contributed by atoms with Gasteiger partial charge in [-0.2, -0.15) is 0 Å². The normalized spacial score (nSPS) is 22.3. The minimum Gasteiger partial charge on any atom is -0.492 e. The van der Waals surface area contributed by atoms with Gasteiger partial charge >= 0.3 is 0 Å². The van der Waals surface area contributed by atoms with Crippen LogP contribution in [0.1, 0.15) is 30.4 Å². The molecule has 1 aliphatic heterocycles. The molecule has 2 rings (SSSR count). The van der Waals surface area contributed by atoms with Crippen molar-refractivity contribution in [2.75, 3.05) is 46.6 Å². The van der Waals surface area contributed by atoms with E-state index in [1.807, 2.05) is 6.07 Å². The zero-order valence-corrected chi connectivity index (χ0v) is 14.8. The van der Waals surface area contributed by atoms with Crippen LogP contribution in [0.25, 0.3) is 0 Å². The van der Waals surface area contributed by atoms with Gasteiger partial charge in [0.15, 0.2) is 0 Å². The Balaban J connectivity index is 1.81. The van der Waals surface area contributed by atoms with Gasteiger partial charge in [0.05, 0.1) is 6.61 Å². The Kier molecular flexibility index (Phi) is 6.88. The van der Waals surface area contributed by atoms with Crippen LogP contribution in [0.4, 0.5) is 0 Å². The monoisotopic (exact) mass is 321 g/mol. The second-order valence-electron chi connectivity index (χ2n) is 6.88. The van der Waals surface area contributed by atoms with Crippen LogP contribution in [0.15, 0.2) is 18.2 Å². The first kappa shape index (κ1) is 18.2. The fourth-order valence-electron chi connectivity index (χ4n) is 3.33. The summed E-state index contributed by atoms with van der Waals surface area (Å²) in [5.74, 6) is 0.943. The largest absolute Gasteiger partial charge is 0.492 e. The van der Waals surface area contributed by atoms with E-state index in [4.69, 9.17) is 9.47 Å². The minimum atomic E-state index is -0.00525. The van der Waals surface area contributed by atoms with Gasteiger partial charge in [-0.1, -0.05) is 6.07 Å². The number of nitrogens with zero attached hydrogens (tertiary/aromatic N) is 1. The van der Waals surface area contributed by atoms with Gasteiger partial charge in [0.1, 0.15) is 12.4 Å². The fourth-order valence-corrected chi connectivity index (χ4v) is 3.33. The average molecular weight is 321 g/mol. The van der Waals surface area contributed by atoms with Gasteiger partial charge in [0, 0.05) is 32.2 Å². The molecule has 0 bridgehead atoms. The number of methoxy groups -OCH3 is 1. The van der Waals surface area contributed by atoms with Gasteiger partial charge in [-0.15, -0.1) is 0 Å². The molecule has 130 valence electrons. The molecule has 1 saturated heterocycles. The molecular formula is C19H31NO3. The topological polar surface area (TPSA) is 41.9 Å². The van der Waals surface area contributed by atoms with Crippen molar-refractivity contribution in [3.05, 3.63) is 29.3 Å². The first-order valence-corrected chi connectivity index (χ1v) is 8.61. The molecule has 0 amide bonds. The first-order valence-electron chi connectivity index (χ1n) is 8.61. The van der Waals surface area contributed by atoms with Gasteiger partial charge in [-0.05, 0) is 62.9 Å². The maximum Gasteiger partial charge on any atom is 0.119 e. The lowest BCUT2D eigenvalue weighted by Crippen LogP contribution is -2.47. The van der Waals surface area contributed by atoms with Crippen molar-refractivity contribution in [2.45, 2.75) is 33.1 Å². The van der Waals surface area contributed by atoms with Crippen molar-refractivity contribution in [2.24, 2.45) is 5.41 Å². The second-order valence-corrected chi connectivity index (χ2v) is 6.88. The van der Waals surface area contributed by atoms with E-state index in [9.17, 15) is 5.11 Å². The Labute approximate surface area is 140 Å². The lowest BCUT2D eigenvalue weighted by molar-refractivity contribution is 0.00401. The predicted molar refractivity (Wildman–Crippen MR) is 93.1 cm³/mol. The molecule has 1 aromatic rings. The van der Waals surface area contributed by atoms with Crippen LogP contribution in [-0.4, -0.2) is 56.6 Å². The molecule has 1 atom stereocenters. The predicted octanol–water partition coefficient (Wildman–Crippen LogP) is 2.79. The molecule has 4 heteroatoms. The zero-order chi connectivity index (χ0) is 16.7. The summed E-state index contributed by atoms with van der Waals surface area (Å²) in [5, 5.41) is 9.83. The highest BCUT2D eigenvalue weighted by molar-refractivity contribution is 5.33. The molecule has 0 unspecified atom stereocenters. The molecule has 0 aliphatic carbocycles. The Morgan fingerprint density at radius 3 is 2.74 bits per heavy atom. The number of likely N-dealkylation sites (tertiary alicyclic amines) is 1. The van der Waals surface area contributed by atoms with Crippen LogP contribution in [0.2, 0.25) is 0 Å². The van der Waals surface area contributed by atoms with Crippen LogP contribution in [-0.2, 0) is 4.74 Å². The van der Waals surface area contributed by atoms with Crippen LogP contribution < -0.4 is 4.74 Å². The van der Waals surface area contributed by atoms with Crippen LogP contribution in [0.3, 0.4) is 0 Å². The summed E-state index contributed by atoms with van der Waals surface area (Å²) >= 11 is 0. The van der Waals surface area contributed by atoms with E-state index in [2.05, 4.69) is 30.9 Å². The number of piperidine rings is 1. The second kappa shape index (κ2) is 8.67.